The SMILES string of the molecule is CCCCCCC(CCC)NC(=O)Oc1c(CCC)n[nH]c1N. The Hall–Kier alpha value is -1.72. The Morgan fingerprint density at radius 3 is 2.61 bits per heavy atom. The summed E-state index contributed by atoms with van der Waals surface area (Å²) in [7, 11) is 0. The van der Waals surface area contributed by atoms with E-state index in [4.69, 9.17) is 10.5 Å². The monoisotopic (exact) mass is 324 g/mol. The van der Waals surface area contributed by atoms with Crippen molar-refractivity contribution in [2.45, 2.75) is 84.6 Å². The van der Waals surface area contributed by atoms with Crippen LogP contribution in [0.15, 0.2) is 0 Å². The standard InChI is InChI=1S/C17H32N4O2/c1-4-7-8-9-12-13(10-5-2)19-17(22)23-15-14(11-6-3)20-21-16(15)18/h13H,4-12H2,1-3H3,(H,19,22)(H3,18,20,21). The van der Waals surface area contributed by atoms with Crippen LogP contribution in [0.2, 0.25) is 0 Å². The van der Waals surface area contributed by atoms with E-state index in [0.29, 0.717) is 17.3 Å². The lowest BCUT2D eigenvalue weighted by atomic mass is 10.0. The molecule has 1 atom stereocenters. The van der Waals surface area contributed by atoms with E-state index >= 15 is 0 Å². The third-order valence-electron chi connectivity index (χ3n) is 3.86. The minimum absolute atomic E-state index is 0.159. The molecule has 0 saturated carbocycles. The number of rotatable bonds is 11. The van der Waals surface area contributed by atoms with Crippen LogP contribution in [0, 0.1) is 0 Å². The molecule has 4 N–H and O–H groups in total. The second-order valence-electron chi connectivity index (χ2n) is 6.03. The zero-order valence-electron chi connectivity index (χ0n) is 14.8. The van der Waals surface area contributed by atoms with E-state index in [-0.39, 0.29) is 6.04 Å². The Labute approximate surface area is 139 Å². The molecule has 0 fully saturated rings. The highest BCUT2D eigenvalue weighted by Gasteiger charge is 2.18. The molecule has 6 heteroatoms. The van der Waals surface area contributed by atoms with Crippen LogP contribution in [0.5, 0.6) is 5.75 Å². The smallest absolute Gasteiger partial charge is 0.404 e. The summed E-state index contributed by atoms with van der Waals surface area (Å²) in [6.07, 6.45) is 9.00. The number of hydrogen-bond donors (Lipinski definition) is 3. The fourth-order valence-corrected chi connectivity index (χ4v) is 2.65. The van der Waals surface area contributed by atoms with Gasteiger partial charge in [-0.15, -0.1) is 0 Å². The van der Waals surface area contributed by atoms with E-state index in [1.165, 1.54) is 19.3 Å². The molecular weight excluding hydrogens is 292 g/mol. The molecule has 0 aliphatic carbocycles. The lowest BCUT2D eigenvalue weighted by molar-refractivity contribution is 0.193. The largest absolute Gasteiger partial charge is 0.413 e. The van der Waals surface area contributed by atoms with Crippen LogP contribution in [-0.4, -0.2) is 22.3 Å². The van der Waals surface area contributed by atoms with Crippen molar-refractivity contribution in [1.29, 1.82) is 0 Å². The van der Waals surface area contributed by atoms with E-state index in [0.717, 1.165) is 38.5 Å². The maximum atomic E-state index is 12.2. The summed E-state index contributed by atoms with van der Waals surface area (Å²) in [5.74, 6) is 0.671. The van der Waals surface area contributed by atoms with Crippen LogP contribution in [0.3, 0.4) is 0 Å². The number of unbranched alkanes of at least 4 members (excludes halogenated alkanes) is 3. The van der Waals surface area contributed by atoms with E-state index in [1.807, 2.05) is 6.92 Å². The first kappa shape index (κ1) is 19.3. The highest BCUT2D eigenvalue weighted by molar-refractivity contribution is 5.73. The lowest BCUT2D eigenvalue weighted by Gasteiger charge is -2.18. The van der Waals surface area contributed by atoms with Crippen LogP contribution in [0.4, 0.5) is 10.6 Å². The second-order valence-corrected chi connectivity index (χ2v) is 6.03. The number of carbonyl (C=O) groups excluding carboxylic acids is 1. The first-order valence-electron chi connectivity index (χ1n) is 8.93. The summed E-state index contributed by atoms with van der Waals surface area (Å²) in [6, 6.07) is 0.159. The van der Waals surface area contributed by atoms with Gasteiger partial charge in [0.1, 0.15) is 5.69 Å². The number of aromatic nitrogens is 2. The van der Waals surface area contributed by atoms with Gasteiger partial charge >= 0.3 is 6.09 Å². The van der Waals surface area contributed by atoms with Crippen LogP contribution in [-0.2, 0) is 6.42 Å². The van der Waals surface area contributed by atoms with Gasteiger partial charge in [-0.1, -0.05) is 59.3 Å². The summed E-state index contributed by atoms with van der Waals surface area (Å²) >= 11 is 0. The average Bonchev–Trinajstić information content (AvgIpc) is 2.85. The summed E-state index contributed by atoms with van der Waals surface area (Å²) in [5, 5.41) is 9.74. The summed E-state index contributed by atoms with van der Waals surface area (Å²) in [5.41, 5.74) is 6.50. The van der Waals surface area contributed by atoms with Crippen LogP contribution in [0.25, 0.3) is 0 Å². The predicted molar refractivity (Wildman–Crippen MR) is 93.6 cm³/mol. The molecule has 23 heavy (non-hydrogen) atoms. The van der Waals surface area contributed by atoms with E-state index in [9.17, 15) is 4.79 Å². The van der Waals surface area contributed by atoms with Gasteiger partial charge in [0.05, 0.1) is 0 Å². The highest BCUT2D eigenvalue weighted by atomic mass is 16.6. The number of nitrogen functional groups attached to an aromatic ring is 1. The Bertz CT molecular complexity index is 459. The molecule has 1 heterocycles. The van der Waals surface area contributed by atoms with Gasteiger partial charge in [-0.25, -0.2) is 4.79 Å². The van der Waals surface area contributed by atoms with E-state index in [2.05, 4.69) is 29.4 Å². The first-order chi connectivity index (χ1) is 11.1. The van der Waals surface area contributed by atoms with E-state index in [1.54, 1.807) is 0 Å². The zero-order valence-corrected chi connectivity index (χ0v) is 14.8. The van der Waals surface area contributed by atoms with Crippen molar-refractivity contribution in [3.05, 3.63) is 5.69 Å². The molecular formula is C17H32N4O2. The maximum Gasteiger partial charge on any atom is 0.413 e. The van der Waals surface area contributed by atoms with Gasteiger partial charge in [-0.2, -0.15) is 5.10 Å². The van der Waals surface area contributed by atoms with Crippen molar-refractivity contribution in [2.24, 2.45) is 0 Å². The fourth-order valence-electron chi connectivity index (χ4n) is 2.65. The molecule has 0 aliphatic heterocycles. The summed E-state index contributed by atoms with van der Waals surface area (Å²) < 4.78 is 5.40. The number of nitrogens with two attached hydrogens (primary N) is 1. The number of nitrogens with one attached hydrogen (secondary N) is 2. The molecule has 1 aromatic rings. The molecule has 0 saturated heterocycles. The molecule has 0 aromatic carbocycles. The number of hydrogen-bond acceptors (Lipinski definition) is 4. The molecule has 0 spiro atoms. The number of anilines is 1. The number of amides is 1. The van der Waals surface area contributed by atoms with Gasteiger partial charge in [-0.3, -0.25) is 5.10 Å². The maximum absolute atomic E-state index is 12.2. The van der Waals surface area contributed by atoms with Crippen molar-refractivity contribution < 1.29 is 9.53 Å². The number of nitrogens with zero attached hydrogens (tertiary/aromatic N) is 1. The molecule has 1 rings (SSSR count). The van der Waals surface area contributed by atoms with Crippen LogP contribution < -0.4 is 15.8 Å². The topological polar surface area (TPSA) is 93.0 Å². The molecule has 1 unspecified atom stereocenters. The van der Waals surface area contributed by atoms with Crippen LogP contribution in [0.1, 0.15) is 77.8 Å². The quantitative estimate of drug-likeness (QED) is 0.532. The van der Waals surface area contributed by atoms with Gasteiger partial charge in [0.2, 0.25) is 0 Å². The van der Waals surface area contributed by atoms with Crippen molar-refractivity contribution >= 4 is 11.9 Å². The summed E-state index contributed by atoms with van der Waals surface area (Å²) in [6.45, 7) is 6.37. The number of ether oxygens (including phenoxy) is 1. The van der Waals surface area contributed by atoms with Crippen molar-refractivity contribution in [3.63, 3.8) is 0 Å². The van der Waals surface area contributed by atoms with Crippen molar-refractivity contribution in [2.75, 3.05) is 5.73 Å². The number of carbonyl (C=O) groups is 1. The molecule has 132 valence electrons. The first-order valence-corrected chi connectivity index (χ1v) is 8.93. The minimum Gasteiger partial charge on any atom is -0.404 e. The van der Waals surface area contributed by atoms with Gasteiger partial charge in [0, 0.05) is 6.04 Å². The van der Waals surface area contributed by atoms with Gasteiger partial charge in [0.15, 0.2) is 11.6 Å². The molecule has 0 bridgehead atoms. The third-order valence-corrected chi connectivity index (χ3v) is 3.86. The molecule has 1 aromatic heterocycles. The number of aryl methyl sites for hydroxylation is 1. The summed E-state index contributed by atoms with van der Waals surface area (Å²) in [4.78, 5) is 12.2. The van der Waals surface area contributed by atoms with E-state index < -0.39 is 6.09 Å². The number of H-pyrrole nitrogens is 1. The average molecular weight is 324 g/mol. The number of aromatic amines is 1. The van der Waals surface area contributed by atoms with Crippen LogP contribution >= 0.6 is 0 Å². The molecule has 0 radical (unpaired) electrons. The fraction of sp³-hybridized carbons (Fsp3) is 0.765. The van der Waals surface area contributed by atoms with Gasteiger partial charge in [-0.05, 0) is 19.3 Å². The Balaban J connectivity index is 2.53. The lowest BCUT2D eigenvalue weighted by Crippen LogP contribution is -2.37. The Morgan fingerprint density at radius 2 is 1.96 bits per heavy atom. The predicted octanol–water partition coefficient (Wildman–Crippen LogP) is 4.17. The van der Waals surface area contributed by atoms with Crippen molar-refractivity contribution in [1.82, 2.24) is 15.5 Å². The second kappa shape index (κ2) is 10.9. The highest BCUT2D eigenvalue weighted by Crippen LogP contribution is 2.24. The van der Waals surface area contributed by atoms with Crippen molar-refractivity contribution in [3.8, 4) is 5.75 Å². The Morgan fingerprint density at radius 1 is 1.17 bits per heavy atom. The molecule has 0 aliphatic rings. The van der Waals surface area contributed by atoms with Gasteiger partial charge in [0.25, 0.3) is 0 Å². The minimum atomic E-state index is -0.440. The zero-order chi connectivity index (χ0) is 17.1. The van der Waals surface area contributed by atoms with Gasteiger partial charge < -0.3 is 15.8 Å². The molecule has 6 nitrogen and oxygen atoms in total. The third kappa shape index (κ3) is 6.93. The Kier molecular flexibility index (Phi) is 9.17. The molecule has 1 amide bonds. The normalized spacial score (nSPS) is 12.1.